The number of methoxy groups -OCH3 is 1. The zero-order chi connectivity index (χ0) is 27.5. The van der Waals surface area contributed by atoms with Crippen molar-refractivity contribution in [2.24, 2.45) is 5.92 Å². The molecular formula is C30H38IN3O4. The minimum atomic E-state index is -0.730. The van der Waals surface area contributed by atoms with Crippen LogP contribution < -0.4 is 15.4 Å². The Morgan fingerprint density at radius 3 is 2.53 bits per heavy atom. The van der Waals surface area contributed by atoms with Crippen molar-refractivity contribution in [1.82, 2.24) is 15.5 Å². The topological polar surface area (TPSA) is 87.7 Å². The van der Waals surface area contributed by atoms with E-state index in [1.165, 1.54) is 0 Å². The summed E-state index contributed by atoms with van der Waals surface area (Å²) in [4.78, 5) is 42.0. The van der Waals surface area contributed by atoms with Crippen LogP contribution in [0.15, 0.2) is 64.8 Å². The van der Waals surface area contributed by atoms with Crippen LogP contribution >= 0.6 is 22.6 Å². The molecule has 0 unspecified atom stereocenters. The van der Waals surface area contributed by atoms with Crippen molar-refractivity contribution in [2.45, 2.75) is 57.7 Å². The summed E-state index contributed by atoms with van der Waals surface area (Å²) in [5.41, 5.74) is 1.52. The number of amides is 2. The second kappa shape index (κ2) is 15.0. The van der Waals surface area contributed by atoms with E-state index in [0.29, 0.717) is 30.7 Å². The molecule has 8 heteroatoms. The molecule has 0 aromatic heterocycles. The molecule has 1 saturated heterocycles. The van der Waals surface area contributed by atoms with Crippen LogP contribution in [-0.4, -0.2) is 60.8 Å². The highest BCUT2D eigenvalue weighted by Crippen LogP contribution is 2.20. The van der Waals surface area contributed by atoms with E-state index in [-0.39, 0.29) is 36.1 Å². The minimum absolute atomic E-state index is 0.0625. The standard InChI is InChI=1S/C30H38IN3O4/c1-21(2)25(15-16-31)32-29(36)26(18-22-10-5-4-6-11-22)33-30(37)27-14-7-8-17-34(27)20-28(35)23-12-9-13-24(19-23)38-3/h4-6,9-13,15-16,19,21,25-27H,7-8,14,17-18,20H2,1-3H3,(H,32,36)(H,33,37)/b16-15+/t25-,26+,27+/m1/s1. The molecule has 0 aliphatic carbocycles. The smallest absolute Gasteiger partial charge is 0.243 e. The number of halogens is 1. The summed E-state index contributed by atoms with van der Waals surface area (Å²) >= 11 is 2.15. The minimum Gasteiger partial charge on any atom is -0.497 e. The van der Waals surface area contributed by atoms with Crippen LogP contribution in [0.1, 0.15) is 49.0 Å². The molecule has 1 aliphatic heterocycles. The van der Waals surface area contributed by atoms with Crippen molar-refractivity contribution in [3.05, 3.63) is 75.9 Å². The number of nitrogens with zero attached hydrogens (tertiary/aromatic N) is 1. The largest absolute Gasteiger partial charge is 0.497 e. The summed E-state index contributed by atoms with van der Waals surface area (Å²) in [6.45, 7) is 4.88. The average molecular weight is 632 g/mol. The number of nitrogens with one attached hydrogen (secondary N) is 2. The van der Waals surface area contributed by atoms with Gasteiger partial charge in [0.2, 0.25) is 11.8 Å². The van der Waals surface area contributed by atoms with Crippen LogP contribution in [0.2, 0.25) is 0 Å². The second-order valence-corrected chi connectivity index (χ2v) is 10.7. The number of hydrogen-bond donors (Lipinski definition) is 2. The molecule has 1 fully saturated rings. The Morgan fingerprint density at radius 1 is 1.08 bits per heavy atom. The molecule has 1 heterocycles. The maximum Gasteiger partial charge on any atom is 0.243 e. The fraction of sp³-hybridized carbons (Fsp3) is 0.433. The van der Waals surface area contributed by atoms with Crippen molar-refractivity contribution in [3.63, 3.8) is 0 Å². The Labute approximate surface area is 239 Å². The first kappa shape index (κ1) is 29.8. The van der Waals surface area contributed by atoms with Crippen LogP contribution in [0.3, 0.4) is 0 Å². The maximum absolute atomic E-state index is 13.6. The first-order valence-electron chi connectivity index (χ1n) is 13.1. The summed E-state index contributed by atoms with van der Waals surface area (Å²) < 4.78 is 7.15. The predicted octanol–water partition coefficient (Wildman–Crippen LogP) is 4.55. The molecule has 204 valence electrons. The van der Waals surface area contributed by atoms with Gasteiger partial charge in [-0.05, 0) is 47.1 Å². The Balaban J connectivity index is 1.75. The third-order valence-corrected chi connectivity index (χ3v) is 7.29. The number of ketones is 1. The van der Waals surface area contributed by atoms with Gasteiger partial charge in [-0.3, -0.25) is 19.3 Å². The SMILES string of the molecule is COc1cccc(C(=O)CN2CCCC[C@H]2C(=O)N[C@@H](Cc2ccccc2)C(=O)N[C@H](/C=C/I)C(C)C)c1. The number of likely N-dealkylation sites (tertiary alicyclic amines) is 1. The molecular weight excluding hydrogens is 593 g/mol. The molecule has 0 saturated carbocycles. The van der Waals surface area contributed by atoms with Crippen molar-refractivity contribution in [3.8, 4) is 5.75 Å². The van der Waals surface area contributed by atoms with Gasteiger partial charge in [0.15, 0.2) is 5.78 Å². The molecule has 2 N–H and O–H groups in total. The van der Waals surface area contributed by atoms with Crippen LogP contribution in [0.5, 0.6) is 5.75 Å². The third-order valence-electron chi connectivity index (χ3n) is 6.88. The summed E-state index contributed by atoms with van der Waals surface area (Å²) in [7, 11) is 1.57. The number of hydrogen-bond acceptors (Lipinski definition) is 5. The van der Waals surface area contributed by atoms with Crippen molar-refractivity contribution in [2.75, 3.05) is 20.2 Å². The lowest BCUT2D eigenvalue weighted by Crippen LogP contribution is -2.57. The van der Waals surface area contributed by atoms with Gasteiger partial charge < -0.3 is 15.4 Å². The van der Waals surface area contributed by atoms with Gasteiger partial charge in [0.1, 0.15) is 11.8 Å². The van der Waals surface area contributed by atoms with Crippen LogP contribution in [-0.2, 0) is 16.0 Å². The van der Waals surface area contributed by atoms with Crippen molar-refractivity contribution < 1.29 is 19.1 Å². The molecule has 1 aliphatic rings. The molecule has 0 spiro atoms. The highest BCUT2D eigenvalue weighted by Gasteiger charge is 2.33. The Bertz CT molecular complexity index is 1110. The number of benzene rings is 2. The zero-order valence-electron chi connectivity index (χ0n) is 22.4. The van der Waals surface area contributed by atoms with Crippen molar-refractivity contribution in [1.29, 1.82) is 0 Å². The lowest BCUT2D eigenvalue weighted by molar-refractivity contribution is -0.133. The van der Waals surface area contributed by atoms with Gasteiger partial charge in [0.05, 0.1) is 25.7 Å². The van der Waals surface area contributed by atoms with Gasteiger partial charge in [0, 0.05) is 12.0 Å². The third kappa shape index (κ3) is 8.66. The number of carbonyl (C=O) groups is 3. The van der Waals surface area contributed by atoms with E-state index in [9.17, 15) is 14.4 Å². The van der Waals surface area contributed by atoms with Gasteiger partial charge in [-0.15, -0.1) is 0 Å². The highest BCUT2D eigenvalue weighted by molar-refractivity contribution is 14.1. The second-order valence-electron chi connectivity index (χ2n) is 9.98. The van der Waals surface area contributed by atoms with E-state index < -0.39 is 12.1 Å². The summed E-state index contributed by atoms with van der Waals surface area (Å²) in [5, 5.41) is 6.13. The van der Waals surface area contributed by atoms with Crippen LogP contribution in [0, 0.1) is 5.92 Å². The van der Waals surface area contributed by atoms with Gasteiger partial charge in [-0.1, -0.05) is 91.4 Å². The van der Waals surface area contributed by atoms with Crippen LogP contribution in [0.4, 0.5) is 0 Å². The number of ether oxygens (including phenoxy) is 1. The maximum atomic E-state index is 13.6. The number of carbonyl (C=O) groups excluding carboxylic acids is 3. The van der Waals surface area contributed by atoms with Gasteiger partial charge in [0.25, 0.3) is 0 Å². The lowest BCUT2D eigenvalue weighted by atomic mass is 9.98. The van der Waals surface area contributed by atoms with E-state index in [4.69, 9.17) is 4.74 Å². The Kier molecular flexibility index (Phi) is 11.8. The van der Waals surface area contributed by atoms with E-state index >= 15 is 0 Å². The van der Waals surface area contributed by atoms with Gasteiger partial charge in [-0.25, -0.2) is 0 Å². The average Bonchev–Trinajstić information content (AvgIpc) is 2.93. The first-order valence-corrected chi connectivity index (χ1v) is 14.4. The van der Waals surface area contributed by atoms with Crippen molar-refractivity contribution >= 4 is 40.2 Å². The molecule has 2 aromatic rings. The van der Waals surface area contributed by atoms with Gasteiger partial charge >= 0.3 is 0 Å². The number of rotatable bonds is 12. The molecule has 3 atom stereocenters. The molecule has 7 nitrogen and oxygen atoms in total. The molecule has 2 aromatic carbocycles. The van der Waals surface area contributed by atoms with E-state index in [1.807, 2.05) is 59.2 Å². The summed E-state index contributed by atoms with van der Waals surface area (Å²) in [6, 6.07) is 15.4. The summed E-state index contributed by atoms with van der Waals surface area (Å²) in [5.74, 6) is 0.327. The Hall–Kier alpha value is -2.72. The molecule has 3 rings (SSSR count). The number of Topliss-reactive ketones (excluding diaryl/α,β-unsaturated/α-hetero) is 1. The van der Waals surface area contributed by atoms with Gasteiger partial charge in [-0.2, -0.15) is 0 Å². The monoisotopic (exact) mass is 631 g/mol. The predicted molar refractivity (Wildman–Crippen MR) is 159 cm³/mol. The van der Waals surface area contributed by atoms with Crippen LogP contribution in [0.25, 0.3) is 0 Å². The highest BCUT2D eigenvalue weighted by atomic mass is 127. The van der Waals surface area contributed by atoms with E-state index in [1.54, 1.807) is 31.4 Å². The van der Waals surface area contributed by atoms with E-state index in [2.05, 4.69) is 33.2 Å². The fourth-order valence-corrected chi connectivity index (χ4v) is 5.10. The van der Waals surface area contributed by atoms with E-state index in [0.717, 1.165) is 18.4 Å². The Morgan fingerprint density at radius 2 is 1.84 bits per heavy atom. The quantitative estimate of drug-likeness (QED) is 0.265. The molecule has 2 amide bonds. The first-order chi connectivity index (χ1) is 18.3. The molecule has 0 radical (unpaired) electrons. The number of piperidine rings is 1. The molecule has 0 bridgehead atoms. The fourth-order valence-electron chi connectivity index (χ4n) is 4.66. The lowest BCUT2D eigenvalue weighted by Gasteiger charge is -2.35. The zero-order valence-corrected chi connectivity index (χ0v) is 24.5. The molecule has 38 heavy (non-hydrogen) atoms. The summed E-state index contributed by atoms with van der Waals surface area (Å²) in [6.07, 6.45) is 4.79. The normalized spacial score (nSPS) is 17.7.